The second-order valence-corrected chi connectivity index (χ2v) is 10.3. The lowest BCUT2D eigenvalue weighted by molar-refractivity contribution is 0.292. The fourth-order valence-electron chi connectivity index (χ4n) is 5.63. The minimum absolute atomic E-state index is 0.131. The van der Waals surface area contributed by atoms with Gasteiger partial charge in [-0.25, -0.2) is 0 Å². The smallest absolute Gasteiger partial charge is 0.115 e. The van der Waals surface area contributed by atoms with Crippen LogP contribution in [0.1, 0.15) is 74.3 Å². The van der Waals surface area contributed by atoms with Crippen molar-refractivity contribution in [3.05, 3.63) is 88.5 Å². The summed E-state index contributed by atoms with van der Waals surface area (Å²) in [4.78, 5) is 0. The molecule has 3 aromatic carbocycles. The highest BCUT2D eigenvalue weighted by Gasteiger charge is 2.37. The van der Waals surface area contributed by atoms with Crippen LogP contribution in [0.2, 0.25) is 0 Å². The van der Waals surface area contributed by atoms with E-state index in [9.17, 15) is 15.3 Å². The van der Waals surface area contributed by atoms with Crippen molar-refractivity contribution >= 4 is 0 Å². The molecule has 0 fully saturated rings. The molecule has 32 heavy (non-hydrogen) atoms. The van der Waals surface area contributed by atoms with Gasteiger partial charge in [-0.2, -0.15) is 0 Å². The predicted molar refractivity (Wildman–Crippen MR) is 132 cm³/mol. The van der Waals surface area contributed by atoms with E-state index >= 15 is 0 Å². The van der Waals surface area contributed by atoms with Gasteiger partial charge in [0, 0.05) is 0 Å². The first-order chi connectivity index (χ1) is 14.9. The molecule has 170 valence electrons. The Morgan fingerprint density at radius 3 is 1.81 bits per heavy atom. The number of aryl methyl sites for hydroxylation is 2. The number of phenolic OH excluding ortho intramolecular Hbond substituents is 3. The van der Waals surface area contributed by atoms with Crippen LogP contribution < -0.4 is 0 Å². The fourth-order valence-corrected chi connectivity index (χ4v) is 5.63. The third kappa shape index (κ3) is 5.09. The quantitative estimate of drug-likeness (QED) is 0.369. The van der Waals surface area contributed by atoms with Crippen molar-refractivity contribution in [1.29, 1.82) is 0 Å². The Morgan fingerprint density at radius 1 is 0.719 bits per heavy atom. The lowest BCUT2D eigenvalue weighted by Crippen LogP contribution is -2.34. The van der Waals surface area contributed by atoms with Crippen LogP contribution in [0.3, 0.4) is 0 Å². The van der Waals surface area contributed by atoms with Gasteiger partial charge in [-0.1, -0.05) is 52.0 Å². The largest absolute Gasteiger partial charge is 0.508 e. The molecule has 0 spiro atoms. The van der Waals surface area contributed by atoms with Crippen LogP contribution in [0.25, 0.3) is 0 Å². The van der Waals surface area contributed by atoms with Crippen molar-refractivity contribution in [2.45, 2.75) is 71.1 Å². The highest BCUT2D eigenvalue weighted by Crippen LogP contribution is 2.46. The number of phenols is 3. The summed E-state index contributed by atoms with van der Waals surface area (Å²) >= 11 is 0. The van der Waals surface area contributed by atoms with Crippen molar-refractivity contribution in [3.8, 4) is 17.2 Å². The molecule has 3 rings (SSSR count). The Morgan fingerprint density at radius 2 is 1.25 bits per heavy atom. The molecule has 3 aromatic rings. The minimum atomic E-state index is -0.161. The SMILES string of the molecule is Cc1cc(O)ccc1C(C)CC(C)(CC(C)(C)c1ccc(O)cc1C)c1ccc(O)cc1. The third-order valence-corrected chi connectivity index (χ3v) is 6.88. The van der Waals surface area contributed by atoms with Gasteiger partial charge in [0.05, 0.1) is 0 Å². The number of rotatable bonds is 7. The molecule has 3 N–H and O–H groups in total. The van der Waals surface area contributed by atoms with Crippen molar-refractivity contribution in [3.63, 3.8) is 0 Å². The molecule has 0 aliphatic rings. The molecule has 2 unspecified atom stereocenters. The Balaban J connectivity index is 2.01. The van der Waals surface area contributed by atoms with Gasteiger partial charge in [-0.3, -0.25) is 0 Å². The first kappa shape index (κ1) is 23.7. The second-order valence-electron chi connectivity index (χ2n) is 10.3. The average Bonchev–Trinajstić information content (AvgIpc) is 2.67. The Bertz CT molecular complexity index is 1080. The monoisotopic (exact) mass is 432 g/mol. The molecule has 3 heteroatoms. The second kappa shape index (κ2) is 8.90. The van der Waals surface area contributed by atoms with E-state index in [2.05, 4.69) is 34.6 Å². The number of aromatic hydroxyl groups is 3. The maximum absolute atomic E-state index is 9.89. The molecule has 0 aliphatic heterocycles. The lowest BCUT2D eigenvalue weighted by atomic mass is 9.63. The third-order valence-electron chi connectivity index (χ3n) is 6.88. The summed E-state index contributed by atoms with van der Waals surface area (Å²) in [5.74, 6) is 1.14. The molecule has 0 saturated carbocycles. The van der Waals surface area contributed by atoms with Gasteiger partial charge in [-0.05, 0) is 108 Å². The number of benzene rings is 3. The molecule has 0 bridgehead atoms. The van der Waals surface area contributed by atoms with Gasteiger partial charge < -0.3 is 15.3 Å². The Labute approximate surface area is 192 Å². The van der Waals surface area contributed by atoms with Gasteiger partial charge in [-0.15, -0.1) is 0 Å². The molecule has 0 aromatic heterocycles. The summed E-state index contributed by atoms with van der Waals surface area (Å²) < 4.78 is 0. The standard InChI is InChI=1S/C29H36O3/c1-19-15-24(31)11-13-26(19)21(3)17-29(6,22-7-9-23(30)10-8-22)18-28(4,5)27-14-12-25(32)16-20(27)2/h7-16,21,30-32H,17-18H2,1-6H3. The molecule has 2 atom stereocenters. The maximum Gasteiger partial charge on any atom is 0.115 e. The van der Waals surface area contributed by atoms with Crippen molar-refractivity contribution in [2.24, 2.45) is 0 Å². The van der Waals surface area contributed by atoms with Crippen LogP contribution in [-0.4, -0.2) is 15.3 Å². The van der Waals surface area contributed by atoms with E-state index in [4.69, 9.17) is 0 Å². The van der Waals surface area contributed by atoms with Crippen LogP contribution in [0.5, 0.6) is 17.2 Å². The van der Waals surface area contributed by atoms with Crippen LogP contribution in [-0.2, 0) is 10.8 Å². The molecular weight excluding hydrogens is 396 g/mol. The summed E-state index contributed by atoms with van der Waals surface area (Å²) in [5, 5.41) is 29.6. The van der Waals surface area contributed by atoms with E-state index in [-0.39, 0.29) is 22.5 Å². The number of hydrogen-bond donors (Lipinski definition) is 3. The summed E-state index contributed by atoms with van der Waals surface area (Å²) in [6.45, 7) is 13.2. The van der Waals surface area contributed by atoms with E-state index in [1.54, 1.807) is 24.3 Å². The van der Waals surface area contributed by atoms with Gasteiger partial charge in [0.1, 0.15) is 17.2 Å². The molecular formula is C29H36O3. The van der Waals surface area contributed by atoms with Gasteiger partial charge in [0.25, 0.3) is 0 Å². The van der Waals surface area contributed by atoms with Crippen molar-refractivity contribution in [2.75, 3.05) is 0 Å². The first-order valence-corrected chi connectivity index (χ1v) is 11.3. The summed E-state index contributed by atoms with van der Waals surface area (Å²) in [6, 6.07) is 18.9. The summed E-state index contributed by atoms with van der Waals surface area (Å²) in [7, 11) is 0. The zero-order valence-corrected chi connectivity index (χ0v) is 20.1. The van der Waals surface area contributed by atoms with Crippen molar-refractivity contribution in [1.82, 2.24) is 0 Å². The molecule has 0 amide bonds. The molecule has 3 nitrogen and oxygen atoms in total. The maximum atomic E-state index is 9.89. The highest BCUT2D eigenvalue weighted by atomic mass is 16.3. The van der Waals surface area contributed by atoms with E-state index in [1.165, 1.54) is 16.7 Å². The average molecular weight is 433 g/mol. The van der Waals surface area contributed by atoms with Gasteiger partial charge in [0.15, 0.2) is 0 Å². The van der Waals surface area contributed by atoms with Crippen molar-refractivity contribution < 1.29 is 15.3 Å². The summed E-state index contributed by atoms with van der Waals surface area (Å²) in [5.41, 5.74) is 5.56. The van der Waals surface area contributed by atoms with Crippen LogP contribution in [0, 0.1) is 13.8 Å². The zero-order chi connectivity index (χ0) is 23.7. The van der Waals surface area contributed by atoms with Crippen LogP contribution in [0.15, 0.2) is 60.7 Å². The zero-order valence-electron chi connectivity index (χ0n) is 20.1. The Hall–Kier alpha value is -2.94. The molecule has 0 radical (unpaired) electrons. The number of hydrogen-bond acceptors (Lipinski definition) is 3. The normalized spacial score (nSPS) is 14.7. The van der Waals surface area contributed by atoms with Crippen LogP contribution >= 0.6 is 0 Å². The first-order valence-electron chi connectivity index (χ1n) is 11.3. The summed E-state index contributed by atoms with van der Waals surface area (Å²) in [6.07, 6.45) is 1.82. The topological polar surface area (TPSA) is 60.7 Å². The van der Waals surface area contributed by atoms with Gasteiger partial charge in [0.2, 0.25) is 0 Å². The minimum Gasteiger partial charge on any atom is -0.508 e. The van der Waals surface area contributed by atoms with E-state index in [0.29, 0.717) is 11.5 Å². The van der Waals surface area contributed by atoms with E-state index in [1.807, 2.05) is 43.3 Å². The van der Waals surface area contributed by atoms with Gasteiger partial charge >= 0.3 is 0 Å². The Kier molecular flexibility index (Phi) is 6.59. The fraction of sp³-hybridized carbons (Fsp3) is 0.379. The van der Waals surface area contributed by atoms with Crippen LogP contribution in [0.4, 0.5) is 0 Å². The molecule has 0 saturated heterocycles. The molecule has 0 heterocycles. The van der Waals surface area contributed by atoms with E-state index in [0.717, 1.165) is 24.0 Å². The predicted octanol–water partition coefficient (Wildman–Crippen LogP) is 7.24. The highest BCUT2D eigenvalue weighted by molar-refractivity contribution is 5.41. The van der Waals surface area contributed by atoms with E-state index < -0.39 is 0 Å². The molecule has 0 aliphatic carbocycles. The lowest BCUT2D eigenvalue weighted by Gasteiger charge is -2.41.